The molecule has 1 amide bonds. The zero-order chi connectivity index (χ0) is 12.7. The third kappa shape index (κ3) is 6.80. The summed E-state index contributed by atoms with van der Waals surface area (Å²) in [5.74, 6) is -1.20. The van der Waals surface area contributed by atoms with Crippen LogP contribution in [0.5, 0.6) is 0 Å². The van der Waals surface area contributed by atoms with E-state index < -0.39 is 24.1 Å². The number of hydrogen-bond acceptors (Lipinski definition) is 5. The number of ketones is 1. The van der Waals surface area contributed by atoms with Gasteiger partial charge in [-0.15, -0.1) is 0 Å². The van der Waals surface area contributed by atoms with E-state index in [2.05, 4.69) is 17.0 Å². The second kappa shape index (κ2) is 6.81. The summed E-state index contributed by atoms with van der Waals surface area (Å²) in [5, 5.41) is 2.15. The number of rotatable bonds is 5. The fraction of sp³-hybridized carbons (Fsp3) is 0.600. The highest BCUT2D eigenvalue weighted by Gasteiger charge is 2.16. The van der Waals surface area contributed by atoms with Crippen LogP contribution >= 0.6 is 0 Å². The Bertz CT molecular complexity index is 274. The van der Waals surface area contributed by atoms with Crippen molar-refractivity contribution >= 4 is 17.8 Å². The average molecular weight is 230 g/mol. The van der Waals surface area contributed by atoms with Gasteiger partial charge in [0.2, 0.25) is 6.29 Å². The van der Waals surface area contributed by atoms with E-state index in [9.17, 15) is 14.4 Å². The van der Waals surface area contributed by atoms with Gasteiger partial charge < -0.3 is 14.8 Å². The van der Waals surface area contributed by atoms with E-state index in [4.69, 9.17) is 4.74 Å². The second-order valence-corrected chi connectivity index (χ2v) is 3.46. The normalized spacial score (nSPS) is 11.8. The van der Waals surface area contributed by atoms with E-state index in [1.165, 1.54) is 6.92 Å². The minimum absolute atomic E-state index is 0.219. The lowest BCUT2D eigenvalue weighted by molar-refractivity contribution is -0.168. The molecule has 16 heavy (non-hydrogen) atoms. The SMILES string of the molecule is [CH2]C(=O)CNC(=O)OC(C)OC(=O)C(C)C. The Morgan fingerprint density at radius 1 is 1.19 bits per heavy atom. The van der Waals surface area contributed by atoms with Crippen molar-refractivity contribution in [3.05, 3.63) is 6.92 Å². The van der Waals surface area contributed by atoms with E-state index in [1.807, 2.05) is 0 Å². The van der Waals surface area contributed by atoms with Crippen LogP contribution in [-0.2, 0) is 19.1 Å². The van der Waals surface area contributed by atoms with Crippen LogP contribution in [0.3, 0.4) is 0 Å². The molecule has 0 aromatic carbocycles. The van der Waals surface area contributed by atoms with Crippen molar-refractivity contribution in [1.82, 2.24) is 5.32 Å². The van der Waals surface area contributed by atoms with Crippen LogP contribution in [0.4, 0.5) is 4.79 Å². The van der Waals surface area contributed by atoms with Crippen LogP contribution in [0.1, 0.15) is 20.8 Å². The van der Waals surface area contributed by atoms with E-state index in [0.717, 1.165) is 0 Å². The number of carbonyl (C=O) groups is 3. The van der Waals surface area contributed by atoms with Gasteiger partial charge in [0.1, 0.15) is 0 Å². The Hall–Kier alpha value is -1.59. The van der Waals surface area contributed by atoms with Crippen LogP contribution in [0.15, 0.2) is 0 Å². The van der Waals surface area contributed by atoms with E-state index in [-0.39, 0.29) is 12.5 Å². The van der Waals surface area contributed by atoms with Crippen molar-refractivity contribution in [2.24, 2.45) is 5.92 Å². The molecule has 0 aliphatic heterocycles. The largest absolute Gasteiger partial charge is 0.425 e. The predicted octanol–water partition coefficient (Wildman–Crippen LogP) is 0.661. The second-order valence-electron chi connectivity index (χ2n) is 3.46. The van der Waals surface area contributed by atoms with Gasteiger partial charge in [-0.3, -0.25) is 9.59 Å². The van der Waals surface area contributed by atoms with Crippen LogP contribution in [0.25, 0.3) is 0 Å². The highest BCUT2D eigenvalue weighted by Crippen LogP contribution is 2.01. The Labute approximate surface area is 94.3 Å². The molecule has 0 saturated carbocycles. The molecule has 0 aromatic heterocycles. The first-order valence-corrected chi connectivity index (χ1v) is 4.82. The monoisotopic (exact) mass is 230 g/mol. The average Bonchev–Trinajstić information content (AvgIpc) is 2.14. The summed E-state index contributed by atoms with van der Waals surface area (Å²) in [6, 6.07) is 0. The Kier molecular flexibility index (Phi) is 6.14. The molecule has 0 bridgehead atoms. The van der Waals surface area contributed by atoms with Gasteiger partial charge in [0.15, 0.2) is 5.78 Å². The first-order chi connectivity index (χ1) is 7.32. The zero-order valence-electron chi connectivity index (χ0n) is 9.61. The summed E-state index contributed by atoms with van der Waals surface area (Å²) in [5.41, 5.74) is 0. The van der Waals surface area contributed by atoms with Gasteiger partial charge >= 0.3 is 12.1 Å². The van der Waals surface area contributed by atoms with Gasteiger partial charge in [-0.25, -0.2) is 4.79 Å². The maximum atomic E-state index is 11.1. The van der Waals surface area contributed by atoms with Crippen molar-refractivity contribution in [3.8, 4) is 0 Å². The number of esters is 1. The minimum Gasteiger partial charge on any atom is -0.425 e. The third-order valence-electron chi connectivity index (χ3n) is 1.46. The quantitative estimate of drug-likeness (QED) is 0.554. The zero-order valence-corrected chi connectivity index (χ0v) is 9.61. The summed E-state index contributed by atoms with van der Waals surface area (Å²) >= 11 is 0. The van der Waals surface area contributed by atoms with E-state index in [0.29, 0.717) is 0 Å². The number of hydrogen-bond donors (Lipinski definition) is 1. The van der Waals surface area contributed by atoms with Gasteiger partial charge in [-0.05, 0) is 0 Å². The van der Waals surface area contributed by atoms with Crippen LogP contribution in [0, 0.1) is 12.8 Å². The third-order valence-corrected chi connectivity index (χ3v) is 1.46. The van der Waals surface area contributed by atoms with E-state index in [1.54, 1.807) is 13.8 Å². The number of nitrogens with one attached hydrogen (secondary N) is 1. The molecule has 0 heterocycles. The highest BCUT2D eigenvalue weighted by atomic mass is 16.7. The first-order valence-electron chi connectivity index (χ1n) is 4.82. The summed E-state index contributed by atoms with van der Waals surface area (Å²) in [6.07, 6.45) is -1.82. The molecule has 6 heteroatoms. The first kappa shape index (κ1) is 14.4. The molecule has 0 aliphatic rings. The molecular weight excluding hydrogens is 214 g/mol. The number of ether oxygens (including phenoxy) is 2. The van der Waals surface area contributed by atoms with Crippen LogP contribution in [-0.4, -0.2) is 30.7 Å². The summed E-state index contributed by atoms with van der Waals surface area (Å²) in [6.45, 7) is 7.58. The summed E-state index contributed by atoms with van der Waals surface area (Å²) < 4.78 is 9.42. The molecule has 6 nitrogen and oxygen atoms in total. The topological polar surface area (TPSA) is 81.7 Å². The Morgan fingerprint density at radius 2 is 1.75 bits per heavy atom. The molecule has 1 radical (unpaired) electrons. The van der Waals surface area contributed by atoms with Gasteiger partial charge in [-0.2, -0.15) is 0 Å². The molecule has 0 fully saturated rings. The van der Waals surface area contributed by atoms with Crippen molar-refractivity contribution in [2.45, 2.75) is 27.1 Å². The molecule has 0 aliphatic carbocycles. The Balaban J connectivity index is 3.86. The lowest BCUT2D eigenvalue weighted by atomic mass is 10.2. The summed E-state index contributed by atoms with van der Waals surface area (Å²) in [7, 11) is 0. The van der Waals surface area contributed by atoms with Gasteiger partial charge in [0.05, 0.1) is 12.5 Å². The number of amides is 1. The standard InChI is InChI=1S/C10H16NO5/c1-6(2)9(13)15-8(4)16-10(14)11-5-7(3)12/h6,8H,3,5H2,1-2,4H3,(H,11,14). The number of carbonyl (C=O) groups excluding carboxylic acids is 3. The smallest absolute Gasteiger partial charge is 0.410 e. The van der Waals surface area contributed by atoms with Crippen LogP contribution < -0.4 is 5.32 Å². The minimum atomic E-state index is -0.991. The predicted molar refractivity (Wildman–Crippen MR) is 55.2 cm³/mol. The lowest BCUT2D eigenvalue weighted by Gasteiger charge is -2.15. The van der Waals surface area contributed by atoms with Gasteiger partial charge in [0, 0.05) is 13.8 Å². The maximum Gasteiger partial charge on any atom is 0.410 e. The molecule has 0 saturated heterocycles. The van der Waals surface area contributed by atoms with E-state index >= 15 is 0 Å². The lowest BCUT2D eigenvalue weighted by Crippen LogP contribution is -2.33. The van der Waals surface area contributed by atoms with Crippen LogP contribution in [0.2, 0.25) is 0 Å². The van der Waals surface area contributed by atoms with Crippen molar-refractivity contribution in [2.75, 3.05) is 6.54 Å². The molecule has 91 valence electrons. The fourth-order valence-corrected chi connectivity index (χ4v) is 0.687. The Morgan fingerprint density at radius 3 is 2.19 bits per heavy atom. The van der Waals surface area contributed by atoms with Crippen molar-refractivity contribution < 1.29 is 23.9 Å². The van der Waals surface area contributed by atoms with Gasteiger partial charge in [-0.1, -0.05) is 13.8 Å². The number of Topliss-reactive ketones (excluding diaryl/α,β-unsaturated/α-hetero) is 1. The summed E-state index contributed by atoms with van der Waals surface area (Å²) in [4.78, 5) is 32.5. The highest BCUT2D eigenvalue weighted by molar-refractivity contribution is 5.87. The molecule has 1 N–H and O–H groups in total. The fourth-order valence-electron chi connectivity index (χ4n) is 0.687. The molecule has 1 atom stereocenters. The van der Waals surface area contributed by atoms with Gasteiger partial charge in [0.25, 0.3) is 0 Å². The molecule has 0 rings (SSSR count). The number of alkyl carbamates (subject to hydrolysis) is 1. The molecule has 0 spiro atoms. The van der Waals surface area contributed by atoms with Crippen molar-refractivity contribution in [1.29, 1.82) is 0 Å². The molecule has 0 aromatic rings. The van der Waals surface area contributed by atoms with Crippen molar-refractivity contribution in [3.63, 3.8) is 0 Å². The molecular formula is C10H16NO5. The maximum absolute atomic E-state index is 11.1. The molecule has 1 unspecified atom stereocenters.